The van der Waals surface area contributed by atoms with Crippen LogP contribution in [0.3, 0.4) is 0 Å². The SMILES string of the molecule is Cc1cnc2c(ccc3c(C)c(C)c(-c4ccc5cc(-c6ccc(-c7ccc8c(c7)C(C)(C)c7ccccc7-8)cc6)ccc5c4)nc32)c1C. The molecular weight excluding hydrogens is 593 g/mol. The molecule has 0 saturated carbocycles. The molecule has 0 N–H and O–H groups in total. The smallest absolute Gasteiger partial charge is 0.0975 e. The molecule has 1 aliphatic carbocycles. The number of benzene rings is 6. The molecule has 2 nitrogen and oxygen atoms in total. The minimum absolute atomic E-state index is 0.00135. The van der Waals surface area contributed by atoms with Crippen LogP contribution in [0, 0.1) is 27.7 Å². The number of hydrogen-bond donors (Lipinski definition) is 0. The van der Waals surface area contributed by atoms with Crippen molar-refractivity contribution in [3.63, 3.8) is 0 Å². The van der Waals surface area contributed by atoms with Crippen LogP contribution < -0.4 is 0 Å². The number of hydrogen-bond acceptors (Lipinski definition) is 2. The van der Waals surface area contributed by atoms with Gasteiger partial charge in [0.15, 0.2) is 0 Å². The second-order valence-corrected chi connectivity index (χ2v) is 14.4. The maximum absolute atomic E-state index is 5.28. The van der Waals surface area contributed by atoms with E-state index in [9.17, 15) is 0 Å². The van der Waals surface area contributed by atoms with E-state index < -0.39 is 0 Å². The van der Waals surface area contributed by atoms with Crippen LogP contribution in [0.1, 0.15) is 47.2 Å². The molecule has 0 saturated heterocycles. The quantitative estimate of drug-likeness (QED) is 0.182. The summed E-state index contributed by atoms with van der Waals surface area (Å²) in [5.41, 5.74) is 19.5. The van der Waals surface area contributed by atoms with Gasteiger partial charge in [-0.3, -0.25) is 4.98 Å². The van der Waals surface area contributed by atoms with Crippen molar-refractivity contribution < 1.29 is 0 Å². The highest BCUT2D eigenvalue weighted by Crippen LogP contribution is 2.49. The summed E-state index contributed by atoms with van der Waals surface area (Å²) in [4.78, 5) is 10.1. The molecule has 236 valence electrons. The largest absolute Gasteiger partial charge is 0.254 e. The number of fused-ring (bicyclic) bond motifs is 7. The molecule has 0 amide bonds. The Morgan fingerprint density at radius 3 is 1.78 bits per heavy atom. The van der Waals surface area contributed by atoms with Gasteiger partial charge in [0.25, 0.3) is 0 Å². The van der Waals surface area contributed by atoms with Crippen molar-refractivity contribution in [3.05, 3.63) is 155 Å². The summed E-state index contributed by atoms with van der Waals surface area (Å²) in [6.07, 6.45) is 1.97. The van der Waals surface area contributed by atoms with Gasteiger partial charge in [0.1, 0.15) is 0 Å². The second-order valence-electron chi connectivity index (χ2n) is 14.4. The van der Waals surface area contributed by atoms with Crippen molar-refractivity contribution in [2.45, 2.75) is 47.0 Å². The second kappa shape index (κ2) is 10.7. The normalized spacial score (nSPS) is 13.3. The first kappa shape index (κ1) is 29.5. The van der Waals surface area contributed by atoms with E-state index in [-0.39, 0.29) is 5.41 Å². The summed E-state index contributed by atoms with van der Waals surface area (Å²) in [5, 5.41) is 4.78. The molecule has 8 aromatic rings. The Bertz CT molecular complexity index is 2660. The monoisotopic (exact) mass is 630 g/mol. The fourth-order valence-corrected chi connectivity index (χ4v) is 8.07. The zero-order valence-corrected chi connectivity index (χ0v) is 28.9. The van der Waals surface area contributed by atoms with E-state index in [0.717, 1.165) is 22.3 Å². The van der Waals surface area contributed by atoms with Crippen molar-refractivity contribution in [2.75, 3.05) is 0 Å². The van der Waals surface area contributed by atoms with Crippen LogP contribution in [0.2, 0.25) is 0 Å². The summed E-state index contributed by atoms with van der Waals surface area (Å²) in [6.45, 7) is 13.4. The summed E-state index contributed by atoms with van der Waals surface area (Å²) in [5.74, 6) is 0. The Morgan fingerprint density at radius 1 is 0.469 bits per heavy atom. The Morgan fingerprint density at radius 2 is 1.04 bits per heavy atom. The van der Waals surface area contributed by atoms with Gasteiger partial charge in [-0.2, -0.15) is 0 Å². The van der Waals surface area contributed by atoms with E-state index in [0.29, 0.717) is 0 Å². The number of nitrogens with zero attached hydrogens (tertiary/aromatic N) is 2. The predicted molar refractivity (Wildman–Crippen MR) is 207 cm³/mol. The molecule has 6 aromatic carbocycles. The van der Waals surface area contributed by atoms with Gasteiger partial charge in [-0.1, -0.05) is 111 Å². The maximum Gasteiger partial charge on any atom is 0.0975 e. The van der Waals surface area contributed by atoms with Crippen LogP contribution in [0.25, 0.3) is 77.2 Å². The van der Waals surface area contributed by atoms with E-state index in [1.165, 1.54) is 88.3 Å². The van der Waals surface area contributed by atoms with Gasteiger partial charge in [0, 0.05) is 27.9 Å². The molecule has 9 rings (SSSR count). The number of aryl methyl sites for hydroxylation is 3. The molecule has 49 heavy (non-hydrogen) atoms. The molecule has 0 atom stereocenters. The van der Waals surface area contributed by atoms with Gasteiger partial charge in [-0.15, -0.1) is 0 Å². The topological polar surface area (TPSA) is 25.8 Å². The van der Waals surface area contributed by atoms with Crippen molar-refractivity contribution in [2.24, 2.45) is 0 Å². The highest BCUT2D eigenvalue weighted by Gasteiger charge is 2.35. The van der Waals surface area contributed by atoms with E-state index in [2.05, 4.69) is 157 Å². The lowest BCUT2D eigenvalue weighted by Crippen LogP contribution is -2.14. The maximum atomic E-state index is 5.28. The van der Waals surface area contributed by atoms with E-state index in [1.807, 2.05) is 6.20 Å². The van der Waals surface area contributed by atoms with Crippen LogP contribution in [0.5, 0.6) is 0 Å². The van der Waals surface area contributed by atoms with E-state index in [1.54, 1.807) is 0 Å². The lowest BCUT2D eigenvalue weighted by Gasteiger charge is -2.22. The fourth-order valence-electron chi connectivity index (χ4n) is 8.07. The van der Waals surface area contributed by atoms with Crippen LogP contribution in [-0.4, -0.2) is 9.97 Å². The Kier molecular flexibility index (Phi) is 6.45. The first-order valence-electron chi connectivity index (χ1n) is 17.2. The minimum Gasteiger partial charge on any atom is -0.254 e. The van der Waals surface area contributed by atoms with Gasteiger partial charge < -0.3 is 0 Å². The fraction of sp³-hybridized carbons (Fsp3) is 0.149. The number of rotatable bonds is 3. The first-order chi connectivity index (χ1) is 23.7. The number of pyridine rings is 2. The molecule has 2 heterocycles. The molecule has 0 aliphatic heterocycles. The third kappa shape index (κ3) is 4.47. The molecule has 0 spiro atoms. The van der Waals surface area contributed by atoms with Gasteiger partial charge >= 0.3 is 0 Å². The average molecular weight is 631 g/mol. The standard InChI is InChI=1S/C47H38N2/c1-27-26-48-45-38(28(27)2)21-22-39-29(3)30(4)44(49-46(39)45)37-18-17-34-23-33(15-16-35(34)24-37)31-11-13-32(14-12-31)36-19-20-41-40-9-7-8-10-42(40)47(5,6)43(41)25-36/h7-26H,1-6H3. The van der Waals surface area contributed by atoms with Gasteiger partial charge in [0.2, 0.25) is 0 Å². The zero-order valence-electron chi connectivity index (χ0n) is 28.9. The minimum atomic E-state index is -0.00135. The van der Waals surface area contributed by atoms with E-state index >= 15 is 0 Å². The van der Waals surface area contributed by atoms with Crippen LogP contribution in [-0.2, 0) is 5.41 Å². The van der Waals surface area contributed by atoms with Gasteiger partial charge in [0.05, 0.1) is 16.7 Å². The lowest BCUT2D eigenvalue weighted by atomic mass is 9.81. The highest BCUT2D eigenvalue weighted by molar-refractivity contribution is 6.06. The molecule has 0 fully saturated rings. The Hall–Kier alpha value is -5.60. The van der Waals surface area contributed by atoms with Gasteiger partial charge in [-0.25, -0.2) is 4.98 Å². The summed E-state index contributed by atoms with van der Waals surface area (Å²) in [7, 11) is 0. The van der Waals surface area contributed by atoms with Crippen LogP contribution in [0.15, 0.2) is 121 Å². The molecular formula is C47H38N2. The average Bonchev–Trinajstić information content (AvgIpc) is 3.36. The summed E-state index contributed by atoms with van der Waals surface area (Å²) in [6, 6.07) is 42.8. The van der Waals surface area contributed by atoms with Crippen molar-refractivity contribution in [1.29, 1.82) is 0 Å². The zero-order chi connectivity index (χ0) is 33.6. The number of aromatic nitrogens is 2. The molecule has 2 heteroatoms. The molecule has 0 unspecified atom stereocenters. The highest BCUT2D eigenvalue weighted by atomic mass is 14.8. The molecule has 2 aromatic heterocycles. The first-order valence-corrected chi connectivity index (χ1v) is 17.2. The molecule has 0 bridgehead atoms. The summed E-state index contributed by atoms with van der Waals surface area (Å²) >= 11 is 0. The summed E-state index contributed by atoms with van der Waals surface area (Å²) < 4.78 is 0. The van der Waals surface area contributed by atoms with Crippen molar-refractivity contribution in [3.8, 4) is 44.6 Å². The third-order valence-electron chi connectivity index (χ3n) is 11.3. The Labute approximate surface area is 288 Å². The lowest BCUT2D eigenvalue weighted by molar-refractivity contribution is 0.660. The Balaban J connectivity index is 1.04. The predicted octanol–water partition coefficient (Wildman–Crippen LogP) is 12.5. The molecule has 1 aliphatic rings. The third-order valence-corrected chi connectivity index (χ3v) is 11.3. The molecule has 0 radical (unpaired) electrons. The van der Waals surface area contributed by atoms with Crippen molar-refractivity contribution in [1.82, 2.24) is 9.97 Å². The van der Waals surface area contributed by atoms with E-state index in [4.69, 9.17) is 9.97 Å². The van der Waals surface area contributed by atoms with Crippen LogP contribution in [0.4, 0.5) is 0 Å². The van der Waals surface area contributed by atoms with Crippen molar-refractivity contribution >= 4 is 32.6 Å². The van der Waals surface area contributed by atoms with Crippen LogP contribution >= 0.6 is 0 Å². The van der Waals surface area contributed by atoms with Gasteiger partial charge in [-0.05, 0) is 123 Å².